The maximum Gasteiger partial charge on any atom is -0.0155 e. The molecule has 0 spiro atoms. The molecule has 0 aliphatic heterocycles. The van der Waals surface area contributed by atoms with E-state index >= 15 is 0 Å². The van der Waals surface area contributed by atoms with Crippen LogP contribution in [0.1, 0.15) is 32.4 Å². The van der Waals surface area contributed by atoms with Gasteiger partial charge in [0.25, 0.3) is 0 Å². The van der Waals surface area contributed by atoms with Gasteiger partial charge in [-0.15, -0.1) is 0 Å². The number of fused-ring (bicyclic) bond motifs is 2. The highest BCUT2D eigenvalue weighted by Gasteiger charge is 1.92. The number of benzene rings is 4. The molecule has 0 aliphatic rings. The Labute approximate surface area is 153 Å². The summed E-state index contributed by atoms with van der Waals surface area (Å²) >= 11 is 0. The Bertz CT molecular complexity index is 892. The minimum Gasteiger partial charge on any atom is -0.0776 e. The van der Waals surface area contributed by atoms with E-state index < -0.39 is 0 Å². The van der Waals surface area contributed by atoms with E-state index in [0.29, 0.717) is 0 Å². The zero-order chi connectivity index (χ0) is 17.4. The molecule has 0 atom stereocenters. The smallest absolute Gasteiger partial charge is 0.0155 e. The molecule has 130 valence electrons. The second kappa shape index (κ2) is 10.3. The van der Waals surface area contributed by atoms with Crippen LogP contribution in [0.4, 0.5) is 0 Å². The van der Waals surface area contributed by atoms with Crippen molar-refractivity contribution in [1.82, 2.24) is 0 Å². The molecule has 4 aromatic rings. The van der Waals surface area contributed by atoms with Crippen LogP contribution < -0.4 is 0 Å². The third-order valence-electron chi connectivity index (χ3n) is 3.91. The minimum absolute atomic E-state index is 0. The molecule has 0 fully saturated rings. The van der Waals surface area contributed by atoms with Crippen LogP contribution in [-0.4, -0.2) is 0 Å². The molecule has 0 saturated heterocycles. The zero-order valence-corrected chi connectivity index (χ0v) is 15.1. The van der Waals surface area contributed by atoms with Gasteiger partial charge in [-0.2, -0.15) is 0 Å². The van der Waals surface area contributed by atoms with Crippen LogP contribution in [0.25, 0.3) is 21.5 Å². The van der Waals surface area contributed by atoms with Crippen LogP contribution >= 0.6 is 0 Å². The first kappa shape index (κ1) is 20.4. The van der Waals surface area contributed by atoms with Crippen molar-refractivity contribution in [2.75, 3.05) is 0 Å². The van der Waals surface area contributed by atoms with Gasteiger partial charge < -0.3 is 0 Å². The van der Waals surface area contributed by atoms with Gasteiger partial charge in [0.2, 0.25) is 0 Å². The Hall–Kier alpha value is -2.60. The van der Waals surface area contributed by atoms with Crippen LogP contribution in [-0.2, 0) is 0 Å². The van der Waals surface area contributed by atoms with Crippen molar-refractivity contribution in [2.45, 2.75) is 35.1 Å². The van der Waals surface area contributed by atoms with E-state index in [9.17, 15) is 0 Å². The summed E-state index contributed by atoms with van der Waals surface area (Å²) in [6.07, 6.45) is 0. The summed E-state index contributed by atoms with van der Waals surface area (Å²) < 4.78 is 0. The van der Waals surface area contributed by atoms with Crippen molar-refractivity contribution in [1.29, 1.82) is 0 Å². The molecule has 0 heterocycles. The van der Waals surface area contributed by atoms with Crippen molar-refractivity contribution in [3.8, 4) is 0 Å². The van der Waals surface area contributed by atoms with E-state index in [1.54, 1.807) is 0 Å². The van der Waals surface area contributed by atoms with Crippen LogP contribution in [0, 0.1) is 13.8 Å². The van der Waals surface area contributed by atoms with Crippen LogP contribution in [0.15, 0.2) is 84.9 Å². The summed E-state index contributed by atoms with van der Waals surface area (Å²) in [7, 11) is 0. The third kappa shape index (κ3) is 5.46. The molecule has 4 rings (SSSR count). The van der Waals surface area contributed by atoms with Gasteiger partial charge in [-0.3, -0.25) is 0 Å². The number of hydrogen-bond acceptors (Lipinski definition) is 0. The second-order valence-electron chi connectivity index (χ2n) is 5.65. The molecule has 0 amide bonds. The molecule has 0 saturated carbocycles. The second-order valence-corrected chi connectivity index (χ2v) is 5.65. The summed E-state index contributed by atoms with van der Waals surface area (Å²) in [4.78, 5) is 0. The predicted octanol–water partition coefficient (Wildman–Crippen LogP) is 7.96. The maximum absolute atomic E-state index is 2.20. The van der Waals surface area contributed by atoms with Crippen LogP contribution in [0.5, 0.6) is 0 Å². The predicted molar refractivity (Wildman–Crippen MR) is 115 cm³/mol. The molecular formula is C25H30. The summed E-state index contributed by atoms with van der Waals surface area (Å²) in [6, 6.07) is 29.7. The standard InChI is InChI=1S/2C11H10.C2H6.CH4/c1-9-5-4-7-10-6-2-3-8-11(9)10;1-9-6-7-10-4-2-3-5-11(10)8-9;1-2;/h2*2-8H,1H3;1-2H3;1H4. The van der Waals surface area contributed by atoms with Gasteiger partial charge in [0.15, 0.2) is 0 Å². The van der Waals surface area contributed by atoms with Gasteiger partial charge in [-0.25, -0.2) is 0 Å². The summed E-state index contributed by atoms with van der Waals surface area (Å²) in [5.41, 5.74) is 2.67. The van der Waals surface area contributed by atoms with Crippen molar-refractivity contribution in [2.24, 2.45) is 0 Å². The third-order valence-corrected chi connectivity index (χ3v) is 3.91. The van der Waals surface area contributed by atoms with E-state index in [2.05, 4.69) is 98.8 Å². The lowest BCUT2D eigenvalue weighted by Gasteiger charge is -1.98. The summed E-state index contributed by atoms with van der Waals surface area (Å²) in [6.45, 7) is 8.26. The first-order valence-corrected chi connectivity index (χ1v) is 8.64. The van der Waals surface area contributed by atoms with Crippen molar-refractivity contribution in [3.05, 3.63) is 96.1 Å². The lowest BCUT2D eigenvalue weighted by Crippen LogP contribution is -1.75. The van der Waals surface area contributed by atoms with Gasteiger partial charge in [0.1, 0.15) is 0 Å². The lowest BCUT2D eigenvalue weighted by molar-refractivity contribution is 1.50. The van der Waals surface area contributed by atoms with E-state index in [1.165, 1.54) is 32.7 Å². The highest BCUT2D eigenvalue weighted by molar-refractivity contribution is 5.85. The number of aryl methyl sites for hydroxylation is 2. The summed E-state index contributed by atoms with van der Waals surface area (Å²) in [5, 5.41) is 5.33. The Morgan fingerprint density at radius 2 is 1.08 bits per heavy atom. The lowest BCUT2D eigenvalue weighted by atomic mass is 10.1. The minimum atomic E-state index is 0. The highest BCUT2D eigenvalue weighted by Crippen LogP contribution is 2.16. The highest BCUT2D eigenvalue weighted by atomic mass is 14.0. The topological polar surface area (TPSA) is 0 Å². The van der Waals surface area contributed by atoms with Crippen molar-refractivity contribution < 1.29 is 0 Å². The molecule has 0 N–H and O–H groups in total. The number of hydrogen-bond donors (Lipinski definition) is 0. The average molecular weight is 331 g/mol. The van der Waals surface area contributed by atoms with E-state index in [4.69, 9.17) is 0 Å². The summed E-state index contributed by atoms with van der Waals surface area (Å²) in [5.74, 6) is 0. The zero-order valence-electron chi connectivity index (χ0n) is 15.1. The monoisotopic (exact) mass is 330 g/mol. The Kier molecular flexibility index (Phi) is 8.43. The molecule has 4 aromatic carbocycles. The van der Waals surface area contributed by atoms with Gasteiger partial charge in [0, 0.05) is 0 Å². The Morgan fingerprint density at radius 3 is 1.76 bits per heavy atom. The van der Waals surface area contributed by atoms with Gasteiger partial charge in [-0.1, -0.05) is 112 Å². The van der Waals surface area contributed by atoms with Crippen molar-refractivity contribution in [3.63, 3.8) is 0 Å². The Balaban J connectivity index is 0.000000220. The van der Waals surface area contributed by atoms with E-state index in [-0.39, 0.29) is 7.43 Å². The van der Waals surface area contributed by atoms with E-state index in [0.717, 1.165) is 0 Å². The first-order chi connectivity index (χ1) is 11.7. The molecule has 0 aliphatic carbocycles. The largest absolute Gasteiger partial charge is 0.0776 e. The molecule has 0 nitrogen and oxygen atoms in total. The molecule has 0 unspecified atom stereocenters. The Morgan fingerprint density at radius 1 is 0.520 bits per heavy atom. The molecule has 25 heavy (non-hydrogen) atoms. The van der Waals surface area contributed by atoms with Crippen molar-refractivity contribution >= 4 is 21.5 Å². The SMILES string of the molecule is C.CC.Cc1ccc2ccccc2c1.Cc1cccc2ccccc12. The maximum atomic E-state index is 2.20. The van der Waals surface area contributed by atoms with Crippen LogP contribution in [0.2, 0.25) is 0 Å². The van der Waals surface area contributed by atoms with Crippen LogP contribution in [0.3, 0.4) is 0 Å². The van der Waals surface area contributed by atoms with E-state index in [1.807, 2.05) is 13.8 Å². The molecule has 0 bridgehead atoms. The average Bonchev–Trinajstić information content (AvgIpc) is 2.64. The fourth-order valence-electron chi connectivity index (χ4n) is 2.70. The van der Waals surface area contributed by atoms with Gasteiger partial charge in [-0.05, 0) is 41.0 Å². The molecular weight excluding hydrogens is 300 g/mol. The normalized spacial score (nSPS) is 9.28. The quantitative estimate of drug-likeness (QED) is 0.307. The molecule has 0 radical (unpaired) electrons. The van der Waals surface area contributed by atoms with Gasteiger partial charge in [0.05, 0.1) is 0 Å². The molecule has 0 heteroatoms. The fourth-order valence-corrected chi connectivity index (χ4v) is 2.70. The number of rotatable bonds is 0. The first-order valence-electron chi connectivity index (χ1n) is 8.64. The fraction of sp³-hybridized carbons (Fsp3) is 0.200. The molecule has 0 aromatic heterocycles. The van der Waals surface area contributed by atoms with Gasteiger partial charge >= 0.3 is 0 Å².